The van der Waals surface area contributed by atoms with E-state index in [0.717, 1.165) is 22.0 Å². The molecule has 3 heterocycles. The SMILES string of the molecule is O=C(Nc1ccc(-c2cn3ccsc3n2)cc1)c1occc1COc1ccccc1. The molecule has 5 aromatic rings. The Labute approximate surface area is 176 Å². The van der Waals surface area contributed by atoms with Crippen LogP contribution in [0.25, 0.3) is 16.2 Å². The summed E-state index contributed by atoms with van der Waals surface area (Å²) in [6.45, 7) is 0.250. The lowest BCUT2D eigenvalue weighted by Crippen LogP contribution is -2.13. The van der Waals surface area contributed by atoms with Crippen LogP contribution in [0.3, 0.4) is 0 Å². The van der Waals surface area contributed by atoms with E-state index in [4.69, 9.17) is 9.15 Å². The third-order valence-corrected chi connectivity index (χ3v) is 5.39. The molecule has 0 atom stereocenters. The Morgan fingerprint density at radius 2 is 1.93 bits per heavy atom. The first kappa shape index (κ1) is 18.2. The van der Waals surface area contributed by atoms with E-state index in [-0.39, 0.29) is 18.3 Å². The van der Waals surface area contributed by atoms with Gasteiger partial charge < -0.3 is 14.5 Å². The molecule has 7 heteroatoms. The number of nitrogens with one attached hydrogen (secondary N) is 1. The molecule has 30 heavy (non-hydrogen) atoms. The van der Waals surface area contributed by atoms with Crippen LogP contribution >= 0.6 is 11.3 Å². The number of carbonyl (C=O) groups excluding carboxylic acids is 1. The van der Waals surface area contributed by atoms with Crippen LogP contribution in [0, 0.1) is 0 Å². The molecule has 0 saturated heterocycles. The fourth-order valence-corrected chi connectivity index (χ4v) is 3.81. The van der Waals surface area contributed by atoms with Crippen LogP contribution in [-0.4, -0.2) is 15.3 Å². The lowest BCUT2D eigenvalue weighted by Gasteiger charge is -2.07. The van der Waals surface area contributed by atoms with E-state index in [1.807, 2.05) is 76.8 Å². The number of hydrogen-bond acceptors (Lipinski definition) is 5. The van der Waals surface area contributed by atoms with Crippen LogP contribution in [0.1, 0.15) is 16.1 Å². The fraction of sp³-hybridized carbons (Fsp3) is 0.0435. The summed E-state index contributed by atoms with van der Waals surface area (Å²) < 4.78 is 13.1. The molecular formula is C23H17N3O3S. The zero-order chi connectivity index (χ0) is 20.3. The molecule has 2 aromatic carbocycles. The third kappa shape index (κ3) is 3.70. The number of nitrogens with zero attached hydrogens (tertiary/aromatic N) is 2. The van der Waals surface area contributed by atoms with Crippen molar-refractivity contribution in [3.63, 3.8) is 0 Å². The lowest BCUT2D eigenvalue weighted by atomic mass is 10.1. The summed E-state index contributed by atoms with van der Waals surface area (Å²) >= 11 is 1.59. The molecule has 0 radical (unpaired) electrons. The van der Waals surface area contributed by atoms with E-state index in [0.29, 0.717) is 11.3 Å². The van der Waals surface area contributed by atoms with Crippen molar-refractivity contribution in [3.05, 3.63) is 96.0 Å². The maximum atomic E-state index is 12.7. The number of anilines is 1. The number of furan rings is 1. The highest BCUT2D eigenvalue weighted by Gasteiger charge is 2.16. The highest BCUT2D eigenvalue weighted by atomic mass is 32.1. The molecule has 0 spiro atoms. The molecule has 5 rings (SSSR count). The van der Waals surface area contributed by atoms with Crippen molar-refractivity contribution in [1.29, 1.82) is 0 Å². The van der Waals surface area contributed by atoms with Gasteiger partial charge in [0.2, 0.25) is 0 Å². The normalized spacial score (nSPS) is 10.9. The van der Waals surface area contributed by atoms with Crippen molar-refractivity contribution >= 4 is 27.9 Å². The Kier molecular flexibility index (Phi) is 4.78. The molecule has 0 aliphatic rings. The van der Waals surface area contributed by atoms with Gasteiger partial charge in [-0.05, 0) is 30.3 Å². The van der Waals surface area contributed by atoms with E-state index in [1.54, 1.807) is 17.4 Å². The van der Waals surface area contributed by atoms with Gasteiger partial charge in [-0.3, -0.25) is 9.20 Å². The Morgan fingerprint density at radius 1 is 1.10 bits per heavy atom. The number of amides is 1. The molecule has 3 aromatic heterocycles. The Bertz CT molecular complexity index is 1260. The largest absolute Gasteiger partial charge is 0.489 e. The maximum Gasteiger partial charge on any atom is 0.291 e. The second-order valence-electron chi connectivity index (χ2n) is 6.63. The molecule has 1 amide bonds. The van der Waals surface area contributed by atoms with Gasteiger partial charge >= 0.3 is 0 Å². The summed E-state index contributed by atoms with van der Waals surface area (Å²) in [5.41, 5.74) is 3.24. The number of thiazole rings is 1. The van der Waals surface area contributed by atoms with E-state index in [2.05, 4.69) is 10.3 Å². The van der Waals surface area contributed by atoms with Gasteiger partial charge in [0, 0.05) is 34.6 Å². The Hall–Kier alpha value is -3.84. The van der Waals surface area contributed by atoms with Gasteiger partial charge in [-0.1, -0.05) is 30.3 Å². The van der Waals surface area contributed by atoms with Crippen molar-refractivity contribution in [3.8, 4) is 17.0 Å². The van der Waals surface area contributed by atoms with E-state index >= 15 is 0 Å². The van der Waals surface area contributed by atoms with Gasteiger partial charge in [0.1, 0.15) is 12.4 Å². The monoisotopic (exact) mass is 415 g/mol. The van der Waals surface area contributed by atoms with Gasteiger partial charge in [0.25, 0.3) is 5.91 Å². The maximum absolute atomic E-state index is 12.7. The zero-order valence-corrected chi connectivity index (χ0v) is 16.6. The van der Waals surface area contributed by atoms with Gasteiger partial charge in [0.15, 0.2) is 10.7 Å². The van der Waals surface area contributed by atoms with E-state index < -0.39 is 0 Å². The second-order valence-corrected chi connectivity index (χ2v) is 7.50. The standard InChI is InChI=1S/C23H17N3O3S/c27-22(21-17(10-12-28-21)15-29-19-4-2-1-3-5-19)24-18-8-6-16(7-9-18)20-14-26-11-13-30-23(26)25-20/h1-14H,15H2,(H,24,27). The summed E-state index contributed by atoms with van der Waals surface area (Å²) in [5, 5.41) is 4.87. The van der Waals surface area contributed by atoms with E-state index in [1.165, 1.54) is 6.26 Å². The topological polar surface area (TPSA) is 68.8 Å². The van der Waals surface area contributed by atoms with Crippen molar-refractivity contribution < 1.29 is 13.9 Å². The first-order valence-corrected chi connectivity index (χ1v) is 10.2. The van der Waals surface area contributed by atoms with Crippen LogP contribution in [0.5, 0.6) is 5.75 Å². The first-order valence-electron chi connectivity index (χ1n) is 9.34. The third-order valence-electron chi connectivity index (χ3n) is 4.62. The zero-order valence-electron chi connectivity index (χ0n) is 15.8. The Balaban J connectivity index is 1.26. The number of para-hydroxylation sites is 1. The summed E-state index contributed by atoms with van der Waals surface area (Å²) in [5.74, 6) is 0.658. The van der Waals surface area contributed by atoms with Crippen LogP contribution in [0.2, 0.25) is 0 Å². The summed E-state index contributed by atoms with van der Waals surface area (Å²) in [4.78, 5) is 18.2. The molecule has 0 aliphatic carbocycles. The van der Waals surface area contributed by atoms with Gasteiger partial charge in [-0.2, -0.15) is 0 Å². The van der Waals surface area contributed by atoms with Crippen LogP contribution in [0.4, 0.5) is 5.69 Å². The number of rotatable bonds is 6. The fourth-order valence-electron chi connectivity index (χ4n) is 3.11. The highest BCUT2D eigenvalue weighted by Crippen LogP contribution is 2.24. The lowest BCUT2D eigenvalue weighted by molar-refractivity contribution is 0.0993. The molecule has 0 unspecified atom stereocenters. The number of ether oxygens (including phenoxy) is 1. The van der Waals surface area contributed by atoms with Crippen molar-refractivity contribution in [2.75, 3.05) is 5.32 Å². The van der Waals surface area contributed by atoms with Crippen molar-refractivity contribution in [2.24, 2.45) is 0 Å². The van der Waals surface area contributed by atoms with Crippen molar-refractivity contribution in [1.82, 2.24) is 9.38 Å². The predicted octanol–water partition coefficient (Wildman–Crippen LogP) is 5.49. The number of imidazole rings is 1. The molecular weight excluding hydrogens is 398 g/mol. The number of hydrogen-bond donors (Lipinski definition) is 1. The number of carbonyl (C=O) groups is 1. The minimum absolute atomic E-state index is 0.240. The van der Waals surface area contributed by atoms with E-state index in [9.17, 15) is 4.79 Å². The predicted molar refractivity (Wildman–Crippen MR) is 116 cm³/mol. The second kappa shape index (κ2) is 7.88. The quantitative estimate of drug-likeness (QED) is 0.398. The van der Waals surface area contributed by atoms with Crippen LogP contribution < -0.4 is 10.1 Å². The molecule has 0 fully saturated rings. The molecule has 0 saturated carbocycles. The highest BCUT2D eigenvalue weighted by molar-refractivity contribution is 7.15. The number of aromatic nitrogens is 2. The molecule has 0 bridgehead atoms. The summed E-state index contributed by atoms with van der Waals surface area (Å²) in [6, 6.07) is 18.8. The number of fused-ring (bicyclic) bond motifs is 1. The average Bonchev–Trinajstić information content (AvgIpc) is 3.50. The minimum Gasteiger partial charge on any atom is -0.489 e. The van der Waals surface area contributed by atoms with Crippen LogP contribution in [0.15, 0.2) is 89.1 Å². The van der Waals surface area contributed by atoms with Gasteiger partial charge in [-0.15, -0.1) is 11.3 Å². The smallest absolute Gasteiger partial charge is 0.291 e. The molecule has 6 nitrogen and oxygen atoms in total. The Morgan fingerprint density at radius 3 is 2.73 bits per heavy atom. The van der Waals surface area contributed by atoms with Gasteiger partial charge in [-0.25, -0.2) is 4.98 Å². The summed E-state index contributed by atoms with van der Waals surface area (Å²) in [7, 11) is 0. The molecule has 0 aliphatic heterocycles. The van der Waals surface area contributed by atoms with Gasteiger partial charge in [0.05, 0.1) is 12.0 Å². The average molecular weight is 415 g/mol. The van der Waals surface area contributed by atoms with Crippen LogP contribution in [-0.2, 0) is 6.61 Å². The first-order chi connectivity index (χ1) is 14.8. The number of benzene rings is 2. The summed E-state index contributed by atoms with van der Waals surface area (Å²) in [6.07, 6.45) is 5.46. The molecule has 1 N–H and O–H groups in total. The van der Waals surface area contributed by atoms with Crippen molar-refractivity contribution in [2.45, 2.75) is 6.61 Å². The minimum atomic E-state index is -0.318. The molecule has 148 valence electrons.